The summed E-state index contributed by atoms with van der Waals surface area (Å²) in [5, 5.41) is 10.4. The molecule has 2 rings (SSSR count). The molecule has 0 spiro atoms. The first-order valence-corrected chi connectivity index (χ1v) is 7.94. The average molecular weight is 305 g/mol. The molecule has 0 aromatic heterocycles. The molecule has 1 aliphatic rings. The lowest BCUT2D eigenvalue weighted by Crippen LogP contribution is -2.12. The standard InChI is InChI=1S/C17H23NO4/c1-2-3-12-21-16-9-8-14(10-11-18(19)20)13-17(16)22-15-6-4-5-7-15/h8-11,13,15H,2-7,12H2,1H3/b11-10+. The van der Waals surface area contributed by atoms with Crippen molar-refractivity contribution in [2.24, 2.45) is 0 Å². The fourth-order valence-electron chi connectivity index (χ4n) is 2.50. The zero-order chi connectivity index (χ0) is 15.8. The van der Waals surface area contributed by atoms with E-state index in [4.69, 9.17) is 9.47 Å². The van der Waals surface area contributed by atoms with Crippen molar-refractivity contribution >= 4 is 6.08 Å². The highest BCUT2D eigenvalue weighted by Crippen LogP contribution is 2.33. The van der Waals surface area contributed by atoms with E-state index in [1.807, 2.05) is 18.2 Å². The Morgan fingerprint density at radius 3 is 2.77 bits per heavy atom. The second-order valence-electron chi connectivity index (χ2n) is 5.53. The van der Waals surface area contributed by atoms with Gasteiger partial charge in [0.1, 0.15) is 0 Å². The Morgan fingerprint density at radius 2 is 2.09 bits per heavy atom. The van der Waals surface area contributed by atoms with Crippen LogP contribution in [0.5, 0.6) is 11.5 Å². The summed E-state index contributed by atoms with van der Waals surface area (Å²) in [5.74, 6) is 1.41. The maximum atomic E-state index is 10.4. The van der Waals surface area contributed by atoms with Crippen molar-refractivity contribution in [3.63, 3.8) is 0 Å². The Bertz CT molecular complexity index is 521. The predicted octanol–water partition coefficient (Wildman–Crippen LogP) is 4.43. The number of nitrogens with zero attached hydrogens (tertiary/aromatic N) is 1. The Hall–Kier alpha value is -2.04. The van der Waals surface area contributed by atoms with Gasteiger partial charge in [-0.3, -0.25) is 10.1 Å². The lowest BCUT2D eigenvalue weighted by Gasteiger charge is -2.17. The highest BCUT2D eigenvalue weighted by atomic mass is 16.6. The molecule has 0 atom stereocenters. The van der Waals surface area contributed by atoms with Gasteiger partial charge in [-0.1, -0.05) is 19.4 Å². The van der Waals surface area contributed by atoms with Gasteiger partial charge in [0.25, 0.3) is 0 Å². The molecule has 1 saturated carbocycles. The Kier molecular flexibility index (Phi) is 6.25. The molecule has 1 aromatic carbocycles. The van der Waals surface area contributed by atoms with Crippen LogP contribution in [0.4, 0.5) is 0 Å². The average Bonchev–Trinajstić information content (AvgIpc) is 3.00. The molecule has 120 valence electrons. The van der Waals surface area contributed by atoms with E-state index >= 15 is 0 Å². The summed E-state index contributed by atoms with van der Waals surface area (Å²) in [5.41, 5.74) is 0.743. The van der Waals surface area contributed by atoms with Crippen LogP contribution in [0, 0.1) is 10.1 Å². The molecule has 1 fully saturated rings. The van der Waals surface area contributed by atoms with Crippen LogP contribution in [-0.4, -0.2) is 17.6 Å². The van der Waals surface area contributed by atoms with Gasteiger partial charge >= 0.3 is 0 Å². The summed E-state index contributed by atoms with van der Waals surface area (Å²) in [7, 11) is 0. The lowest BCUT2D eigenvalue weighted by molar-refractivity contribution is -0.400. The first-order chi connectivity index (χ1) is 10.7. The summed E-state index contributed by atoms with van der Waals surface area (Å²) in [4.78, 5) is 9.97. The molecule has 5 heteroatoms. The maximum absolute atomic E-state index is 10.4. The largest absolute Gasteiger partial charge is 0.490 e. The van der Waals surface area contributed by atoms with Gasteiger partial charge in [-0.25, -0.2) is 0 Å². The number of rotatable bonds is 8. The number of ether oxygens (including phenoxy) is 2. The molecule has 0 unspecified atom stereocenters. The zero-order valence-electron chi connectivity index (χ0n) is 13.0. The molecule has 5 nitrogen and oxygen atoms in total. The monoisotopic (exact) mass is 305 g/mol. The van der Waals surface area contributed by atoms with E-state index in [0.717, 1.165) is 43.2 Å². The molecule has 0 aliphatic heterocycles. The SMILES string of the molecule is CCCCOc1ccc(/C=C/[N+](=O)[O-])cc1OC1CCCC1. The molecular formula is C17H23NO4. The Labute approximate surface area is 131 Å². The van der Waals surface area contributed by atoms with Gasteiger partial charge in [-0.2, -0.15) is 0 Å². The van der Waals surface area contributed by atoms with Crippen LogP contribution in [-0.2, 0) is 0 Å². The summed E-state index contributed by atoms with van der Waals surface area (Å²) in [6.07, 6.45) is 9.20. The molecule has 22 heavy (non-hydrogen) atoms. The van der Waals surface area contributed by atoms with Crippen LogP contribution in [0.2, 0.25) is 0 Å². The van der Waals surface area contributed by atoms with E-state index in [0.29, 0.717) is 12.4 Å². The Balaban J connectivity index is 2.13. The minimum absolute atomic E-state index is 0.225. The van der Waals surface area contributed by atoms with E-state index in [2.05, 4.69) is 6.92 Å². The van der Waals surface area contributed by atoms with Crippen molar-refractivity contribution < 1.29 is 14.4 Å². The van der Waals surface area contributed by atoms with Gasteiger partial charge in [-0.05, 0) is 49.8 Å². The van der Waals surface area contributed by atoms with Crippen molar-refractivity contribution in [1.29, 1.82) is 0 Å². The number of hydrogen-bond acceptors (Lipinski definition) is 4. The van der Waals surface area contributed by atoms with E-state index < -0.39 is 4.92 Å². The molecule has 0 saturated heterocycles. The van der Waals surface area contributed by atoms with Gasteiger partial charge in [-0.15, -0.1) is 0 Å². The molecule has 0 heterocycles. The number of unbranched alkanes of at least 4 members (excludes halogenated alkanes) is 1. The highest BCUT2D eigenvalue weighted by Gasteiger charge is 2.18. The number of nitro groups is 1. The van der Waals surface area contributed by atoms with E-state index in [1.165, 1.54) is 18.9 Å². The van der Waals surface area contributed by atoms with Gasteiger partial charge in [0.15, 0.2) is 11.5 Å². The van der Waals surface area contributed by atoms with Gasteiger partial charge < -0.3 is 9.47 Å². The van der Waals surface area contributed by atoms with Crippen molar-refractivity contribution in [2.45, 2.75) is 51.6 Å². The first-order valence-electron chi connectivity index (χ1n) is 7.94. The minimum Gasteiger partial charge on any atom is -0.490 e. The van der Waals surface area contributed by atoms with Crippen LogP contribution in [0.1, 0.15) is 51.0 Å². The summed E-state index contributed by atoms with van der Waals surface area (Å²) >= 11 is 0. The summed E-state index contributed by atoms with van der Waals surface area (Å²) in [6, 6.07) is 5.46. The van der Waals surface area contributed by atoms with Crippen LogP contribution >= 0.6 is 0 Å². The third-order valence-electron chi connectivity index (χ3n) is 3.71. The maximum Gasteiger partial charge on any atom is 0.235 e. The topological polar surface area (TPSA) is 61.6 Å². The third kappa shape index (κ3) is 5.06. The molecule has 1 aliphatic carbocycles. The van der Waals surface area contributed by atoms with Gasteiger partial charge in [0.05, 0.1) is 17.6 Å². The normalized spacial score (nSPS) is 15.3. The van der Waals surface area contributed by atoms with Crippen molar-refractivity contribution in [2.75, 3.05) is 6.61 Å². The van der Waals surface area contributed by atoms with E-state index in [9.17, 15) is 10.1 Å². The predicted molar refractivity (Wildman–Crippen MR) is 85.8 cm³/mol. The quantitative estimate of drug-likeness (QED) is 0.405. The van der Waals surface area contributed by atoms with Crippen molar-refractivity contribution in [1.82, 2.24) is 0 Å². The first kappa shape index (κ1) is 16.3. The molecule has 0 bridgehead atoms. The molecule has 1 aromatic rings. The summed E-state index contributed by atoms with van der Waals surface area (Å²) < 4.78 is 11.8. The summed E-state index contributed by atoms with van der Waals surface area (Å²) in [6.45, 7) is 2.77. The fourth-order valence-corrected chi connectivity index (χ4v) is 2.50. The molecule has 0 radical (unpaired) electrons. The zero-order valence-corrected chi connectivity index (χ0v) is 13.0. The van der Waals surface area contributed by atoms with Gasteiger partial charge in [0, 0.05) is 6.08 Å². The van der Waals surface area contributed by atoms with Crippen LogP contribution in [0.3, 0.4) is 0 Å². The fraction of sp³-hybridized carbons (Fsp3) is 0.529. The second kappa shape index (κ2) is 8.41. The van der Waals surface area contributed by atoms with Gasteiger partial charge in [0.2, 0.25) is 6.20 Å². The number of benzene rings is 1. The van der Waals surface area contributed by atoms with E-state index in [-0.39, 0.29) is 6.10 Å². The molecule has 0 amide bonds. The van der Waals surface area contributed by atoms with Crippen LogP contribution in [0.15, 0.2) is 24.4 Å². The number of hydrogen-bond donors (Lipinski definition) is 0. The van der Waals surface area contributed by atoms with E-state index in [1.54, 1.807) is 0 Å². The lowest BCUT2D eigenvalue weighted by atomic mass is 10.2. The van der Waals surface area contributed by atoms with Crippen molar-refractivity contribution in [3.05, 3.63) is 40.1 Å². The van der Waals surface area contributed by atoms with Crippen LogP contribution < -0.4 is 9.47 Å². The minimum atomic E-state index is -0.469. The van der Waals surface area contributed by atoms with Crippen molar-refractivity contribution in [3.8, 4) is 11.5 Å². The molecular weight excluding hydrogens is 282 g/mol. The smallest absolute Gasteiger partial charge is 0.235 e. The highest BCUT2D eigenvalue weighted by molar-refractivity contribution is 5.55. The molecule has 0 N–H and O–H groups in total. The third-order valence-corrected chi connectivity index (χ3v) is 3.71. The Morgan fingerprint density at radius 1 is 1.32 bits per heavy atom. The second-order valence-corrected chi connectivity index (χ2v) is 5.53. The van der Waals surface area contributed by atoms with Crippen LogP contribution in [0.25, 0.3) is 6.08 Å².